The monoisotopic (exact) mass is 424 g/mol. The number of nitrogens with one attached hydrogen (secondary N) is 1. The summed E-state index contributed by atoms with van der Waals surface area (Å²) in [5.41, 5.74) is 1.67. The molecule has 2 aromatic carbocycles. The molecular formula is C25H29ClN2O2. The molecule has 2 amide bonds. The van der Waals surface area contributed by atoms with Crippen molar-refractivity contribution in [2.45, 2.75) is 56.4 Å². The van der Waals surface area contributed by atoms with Crippen molar-refractivity contribution in [1.29, 1.82) is 0 Å². The van der Waals surface area contributed by atoms with Gasteiger partial charge in [0.05, 0.1) is 11.3 Å². The maximum atomic E-state index is 13.1. The minimum atomic E-state index is -0.418. The fraction of sp³-hybridized carbons (Fsp3) is 0.440. The lowest BCUT2D eigenvalue weighted by Gasteiger charge is -2.35. The molecule has 4 nitrogen and oxygen atoms in total. The van der Waals surface area contributed by atoms with Crippen molar-refractivity contribution in [2.24, 2.45) is 0 Å². The van der Waals surface area contributed by atoms with E-state index in [1.54, 1.807) is 0 Å². The first kappa shape index (κ1) is 20.9. The van der Waals surface area contributed by atoms with E-state index in [0.29, 0.717) is 18.1 Å². The van der Waals surface area contributed by atoms with E-state index in [1.807, 2.05) is 59.5 Å². The largest absolute Gasteiger partial charge is 0.352 e. The van der Waals surface area contributed by atoms with Crippen molar-refractivity contribution in [3.05, 3.63) is 70.7 Å². The maximum Gasteiger partial charge on any atom is 0.230 e. The molecule has 5 heteroatoms. The molecule has 4 rings (SSSR count). The Morgan fingerprint density at radius 2 is 1.80 bits per heavy atom. The van der Waals surface area contributed by atoms with Crippen LogP contribution in [-0.2, 0) is 15.0 Å². The number of halogens is 1. The quantitative estimate of drug-likeness (QED) is 0.732. The van der Waals surface area contributed by atoms with Gasteiger partial charge in [-0.1, -0.05) is 61.0 Å². The molecule has 1 N–H and O–H groups in total. The highest BCUT2D eigenvalue weighted by Gasteiger charge is 2.51. The number of likely N-dealkylation sites (tertiary alicyclic amines) is 1. The summed E-state index contributed by atoms with van der Waals surface area (Å²) in [6, 6.07) is 17.8. The Morgan fingerprint density at radius 3 is 2.40 bits per heavy atom. The van der Waals surface area contributed by atoms with Gasteiger partial charge in [-0.05, 0) is 55.4 Å². The highest BCUT2D eigenvalue weighted by molar-refractivity contribution is 6.30. The van der Waals surface area contributed by atoms with Gasteiger partial charge in [0.25, 0.3) is 0 Å². The lowest BCUT2D eigenvalue weighted by Crippen LogP contribution is -2.49. The predicted molar refractivity (Wildman–Crippen MR) is 120 cm³/mol. The molecule has 2 aromatic rings. The number of carbonyl (C=O) groups is 2. The summed E-state index contributed by atoms with van der Waals surface area (Å²) in [6.07, 6.45) is 4.13. The molecular weight excluding hydrogens is 396 g/mol. The third-order valence-electron chi connectivity index (χ3n) is 6.61. The fourth-order valence-electron chi connectivity index (χ4n) is 4.58. The third kappa shape index (κ3) is 4.24. The second-order valence-electron chi connectivity index (χ2n) is 8.54. The van der Waals surface area contributed by atoms with E-state index in [2.05, 4.69) is 12.2 Å². The molecule has 1 aliphatic heterocycles. The van der Waals surface area contributed by atoms with Crippen LogP contribution >= 0.6 is 11.6 Å². The topological polar surface area (TPSA) is 49.4 Å². The molecule has 1 unspecified atom stereocenters. The second kappa shape index (κ2) is 8.81. The Bertz CT molecular complexity index is 902. The van der Waals surface area contributed by atoms with Gasteiger partial charge in [-0.2, -0.15) is 0 Å². The number of carbonyl (C=O) groups excluding carboxylic acids is 2. The number of nitrogens with zero attached hydrogens (tertiary/aromatic N) is 1. The van der Waals surface area contributed by atoms with Gasteiger partial charge in [-0.3, -0.25) is 9.59 Å². The highest BCUT2D eigenvalue weighted by Crippen LogP contribution is 2.49. The van der Waals surface area contributed by atoms with E-state index in [-0.39, 0.29) is 23.8 Å². The fourth-order valence-corrected chi connectivity index (χ4v) is 4.77. The minimum absolute atomic E-state index is 0.0881. The van der Waals surface area contributed by atoms with E-state index in [1.165, 1.54) is 0 Å². The van der Waals surface area contributed by atoms with Gasteiger partial charge in [0, 0.05) is 24.2 Å². The summed E-state index contributed by atoms with van der Waals surface area (Å²) < 4.78 is 0. The zero-order valence-electron chi connectivity index (χ0n) is 17.4. The van der Waals surface area contributed by atoms with Crippen molar-refractivity contribution >= 4 is 23.4 Å². The molecule has 0 spiro atoms. The lowest BCUT2D eigenvalue weighted by atomic mass is 9.92. The third-order valence-corrected chi connectivity index (χ3v) is 6.85. The molecule has 1 atom stereocenters. The van der Waals surface area contributed by atoms with Crippen LogP contribution in [0, 0.1) is 0 Å². The van der Waals surface area contributed by atoms with Crippen LogP contribution in [0.3, 0.4) is 0 Å². The minimum Gasteiger partial charge on any atom is -0.352 e. The van der Waals surface area contributed by atoms with Crippen LogP contribution in [0.15, 0.2) is 54.6 Å². The zero-order valence-corrected chi connectivity index (χ0v) is 18.2. The van der Waals surface area contributed by atoms with Crippen molar-refractivity contribution in [3.8, 4) is 0 Å². The van der Waals surface area contributed by atoms with Gasteiger partial charge in [-0.15, -0.1) is 0 Å². The number of amides is 2. The standard InChI is InChI=1S/C25H29ClN2O2/c1-2-22(18-7-4-3-5-8-18)23(29)28-15-11-21(12-16-28)27-24(30)25(13-14-25)19-9-6-10-20(26)17-19/h3-10,17,21-22H,2,11-16H2,1H3,(H,27,30). The lowest BCUT2D eigenvalue weighted by molar-refractivity contribution is -0.134. The molecule has 1 saturated heterocycles. The van der Waals surface area contributed by atoms with Crippen LogP contribution in [0.25, 0.3) is 0 Å². The van der Waals surface area contributed by atoms with E-state index in [9.17, 15) is 9.59 Å². The molecule has 30 heavy (non-hydrogen) atoms. The summed E-state index contributed by atoms with van der Waals surface area (Å²) in [7, 11) is 0. The summed E-state index contributed by atoms with van der Waals surface area (Å²) in [6.45, 7) is 3.45. The van der Waals surface area contributed by atoms with Crippen molar-refractivity contribution < 1.29 is 9.59 Å². The Morgan fingerprint density at radius 1 is 1.10 bits per heavy atom. The van der Waals surface area contributed by atoms with Crippen LogP contribution in [-0.4, -0.2) is 35.8 Å². The van der Waals surface area contributed by atoms with Gasteiger partial charge in [0.15, 0.2) is 0 Å². The Kier molecular flexibility index (Phi) is 6.14. The van der Waals surface area contributed by atoms with Gasteiger partial charge >= 0.3 is 0 Å². The normalized spacial score (nSPS) is 19.2. The second-order valence-corrected chi connectivity index (χ2v) is 8.97. The summed E-state index contributed by atoms with van der Waals surface area (Å²) >= 11 is 6.13. The van der Waals surface area contributed by atoms with Crippen LogP contribution in [0.1, 0.15) is 56.1 Å². The van der Waals surface area contributed by atoms with Gasteiger partial charge < -0.3 is 10.2 Å². The van der Waals surface area contributed by atoms with E-state index < -0.39 is 5.41 Å². The molecule has 1 aliphatic carbocycles. The average molecular weight is 425 g/mol. The zero-order chi connectivity index (χ0) is 21.1. The Labute approximate surface area is 183 Å². The van der Waals surface area contributed by atoms with E-state index in [0.717, 1.165) is 43.2 Å². The summed E-state index contributed by atoms with van der Waals surface area (Å²) in [5.74, 6) is 0.214. The first-order chi connectivity index (χ1) is 14.5. The molecule has 1 heterocycles. The highest BCUT2D eigenvalue weighted by atomic mass is 35.5. The molecule has 158 valence electrons. The van der Waals surface area contributed by atoms with E-state index >= 15 is 0 Å². The molecule has 0 aromatic heterocycles. The molecule has 2 fully saturated rings. The number of hydrogen-bond acceptors (Lipinski definition) is 2. The predicted octanol–water partition coefficient (Wildman–Crippen LogP) is 4.67. The van der Waals surface area contributed by atoms with Gasteiger partial charge in [0.2, 0.25) is 11.8 Å². The summed E-state index contributed by atoms with van der Waals surface area (Å²) in [4.78, 5) is 28.1. The van der Waals surface area contributed by atoms with E-state index in [4.69, 9.17) is 11.6 Å². The number of piperidine rings is 1. The first-order valence-corrected chi connectivity index (χ1v) is 11.3. The van der Waals surface area contributed by atoms with Crippen LogP contribution in [0.5, 0.6) is 0 Å². The molecule has 2 aliphatic rings. The van der Waals surface area contributed by atoms with Crippen LogP contribution in [0.2, 0.25) is 5.02 Å². The smallest absolute Gasteiger partial charge is 0.230 e. The molecule has 1 saturated carbocycles. The first-order valence-electron chi connectivity index (χ1n) is 10.9. The van der Waals surface area contributed by atoms with Gasteiger partial charge in [0.1, 0.15) is 0 Å². The summed E-state index contributed by atoms with van der Waals surface area (Å²) in [5, 5.41) is 3.92. The SMILES string of the molecule is CCC(C(=O)N1CCC(NC(=O)C2(c3cccc(Cl)c3)CC2)CC1)c1ccccc1. The van der Waals surface area contributed by atoms with Gasteiger partial charge in [-0.25, -0.2) is 0 Å². The van der Waals surface area contributed by atoms with Crippen LogP contribution in [0.4, 0.5) is 0 Å². The van der Waals surface area contributed by atoms with Crippen molar-refractivity contribution in [2.75, 3.05) is 13.1 Å². The average Bonchev–Trinajstić information content (AvgIpc) is 3.58. The Balaban J connectivity index is 1.34. The molecule has 0 radical (unpaired) electrons. The van der Waals surface area contributed by atoms with Crippen molar-refractivity contribution in [3.63, 3.8) is 0 Å². The van der Waals surface area contributed by atoms with Crippen LogP contribution < -0.4 is 5.32 Å². The maximum absolute atomic E-state index is 13.1. The number of hydrogen-bond donors (Lipinski definition) is 1. The van der Waals surface area contributed by atoms with Crippen molar-refractivity contribution in [1.82, 2.24) is 10.2 Å². The number of benzene rings is 2. The Hall–Kier alpha value is -2.33. The number of rotatable bonds is 6. The molecule has 0 bridgehead atoms.